The van der Waals surface area contributed by atoms with E-state index < -0.39 is 18.5 Å². The first-order valence-corrected chi connectivity index (χ1v) is 10.6. The van der Waals surface area contributed by atoms with Gasteiger partial charge in [-0.25, -0.2) is 0 Å². The zero-order chi connectivity index (χ0) is 23.6. The molecule has 0 saturated carbocycles. The second-order valence-electron chi connectivity index (χ2n) is 7.09. The summed E-state index contributed by atoms with van der Waals surface area (Å²) in [6.07, 6.45) is -0.0427. The van der Waals surface area contributed by atoms with Crippen molar-refractivity contribution in [3.05, 3.63) is 88.9 Å². The van der Waals surface area contributed by atoms with Crippen molar-refractivity contribution in [3.63, 3.8) is 0 Å². The van der Waals surface area contributed by atoms with Gasteiger partial charge in [0, 0.05) is 17.8 Å². The van der Waals surface area contributed by atoms with Crippen molar-refractivity contribution in [2.45, 2.75) is 13.3 Å². The molecular formula is C25H23ClN2O5. The molecule has 0 atom stereocenters. The van der Waals surface area contributed by atoms with E-state index in [9.17, 15) is 14.4 Å². The lowest BCUT2D eigenvalue weighted by molar-refractivity contribution is -0.147. The molecule has 0 saturated heterocycles. The molecule has 3 aromatic carbocycles. The average molecular weight is 467 g/mol. The molecule has 0 unspecified atom stereocenters. The highest BCUT2D eigenvalue weighted by atomic mass is 35.5. The quantitative estimate of drug-likeness (QED) is 0.444. The van der Waals surface area contributed by atoms with Gasteiger partial charge in [-0.3, -0.25) is 14.4 Å². The predicted octanol–water partition coefficient (Wildman–Crippen LogP) is 4.74. The molecule has 3 rings (SSSR count). The molecule has 0 fully saturated rings. The Hall–Kier alpha value is -3.84. The van der Waals surface area contributed by atoms with Crippen molar-refractivity contribution in [2.75, 3.05) is 18.5 Å². The van der Waals surface area contributed by atoms with Crippen LogP contribution in [-0.2, 0) is 14.3 Å². The van der Waals surface area contributed by atoms with Crippen molar-refractivity contribution in [3.8, 4) is 11.5 Å². The molecule has 0 aliphatic heterocycles. The Morgan fingerprint density at radius 1 is 0.909 bits per heavy atom. The van der Waals surface area contributed by atoms with Crippen LogP contribution >= 0.6 is 11.6 Å². The first-order valence-electron chi connectivity index (χ1n) is 10.2. The first-order chi connectivity index (χ1) is 15.9. The summed E-state index contributed by atoms with van der Waals surface area (Å²) < 4.78 is 10.7. The highest BCUT2D eigenvalue weighted by Gasteiger charge is 2.11. The SMILES string of the molecule is Cc1ccccc1C(=O)NCCC(=O)OCC(=O)Nc1ccc(Oc2ccccc2Cl)cc1. The normalized spacial score (nSPS) is 10.2. The molecule has 33 heavy (non-hydrogen) atoms. The molecule has 170 valence electrons. The van der Waals surface area contributed by atoms with E-state index in [-0.39, 0.29) is 18.9 Å². The van der Waals surface area contributed by atoms with Crippen LogP contribution in [0.5, 0.6) is 11.5 Å². The Morgan fingerprint density at radius 3 is 2.33 bits per heavy atom. The molecule has 0 spiro atoms. The Bertz CT molecular complexity index is 1130. The summed E-state index contributed by atoms with van der Waals surface area (Å²) in [4.78, 5) is 36.0. The predicted molar refractivity (Wildman–Crippen MR) is 126 cm³/mol. The Labute approximate surface area is 196 Å². The van der Waals surface area contributed by atoms with Gasteiger partial charge in [0.2, 0.25) is 0 Å². The molecule has 2 N–H and O–H groups in total. The lowest BCUT2D eigenvalue weighted by Gasteiger charge is -2.10. The molecule has 7 nitrogen and oxygen atoms in total. The number of hydrogen-bond donors (Lipinski definition) is 2. The van der Waals surface area contributed by atoms with Crippen LogP contribution in [0.15, 0.2) is 72.8 Å². The van der Waals surface area contributed by atoms with Gasteiger partial charge in [-0.1, -0.05) is 41.9 Å². The highest BCUT2D eigenvalue weighted by Crippen LogP contribution is 2.29. The van der Waals surface area contributed by atoms with Gasteiger partial charge in [0.15, 0.2) is 6.61 Å². The summed E-state index contributed by atoms with van der Waals surface area (Å²) in [5, 5.41) is 5.79. The number of halogens is 1. The second-order valence-corrected chi connectivity index (χ2v) is 7.49. The summed E-state index contributed by atoms with van der Waals surface area (Å²) in [5.74, 6) is -0.246. The maximum atomic E-state index is 12.1. The minimum absolute atomic E-state index is 0.0427. The molecule has 0 radical (unpaired) electrons. The number of esters is 1. The number of benzene rings is 3. The number of para-hydroxylation sites is 1. The summed E-state index contributed by atoms with van der Waals surface area (Å²) in [6.45, 7) is 1.52. The van der Waals surface area contributed by atoms with Gasteiger partial charge in [-0.2, -0.15) is 0 Å². The fourth-order valence-electron chi connectivity index (χ4n) is 2.88. The van der Waals surface area contributed by atoms with E-state index in [2.05, 4.69) is 10.6 Å². The Kier molecular flexibility index (Phi) is 8.43. The number of anilines is 1. The topological polar surface area (TPSA) is 93.7 Å². The summed E-state index contributed by atoms with van der Waals surface area (Å²) in [5.41, 5.74) is 1.92. The first kappa shape index (κ1) is 23.8. The van der Waals surface area contributed by atoms with Crippen LogP contribution in [0.1, 0.15) is 22.3 Å². The molecule has 2 amide bonds. The number of carbonyl (C=O) groups is 3. The van der Waals surface area contributed by atoms with E-state index in [1.54, 1.807) is 48.5 Å². The number of hydrogen-bond acceptors (Lipinski definition) is 5. The van der Waals surface area contributed by atoms with E-state index in [1.165, 1.54) is 0 Å². The third kappa shape index (κ3) is 7.36. The molecular weight excluding hydrogens is 444 g/mol. The van der Waals surface area contributed by atoms with Gasteiger partial charge in [-0.05, 0) is 55.0 Å². The average Bonchev–Trinajstić information content (AvgIpc) is 2.81. The number of nitrogens with one attached hydrogen (secondary N) is 2. The monoisotopic (exact) mass is 466 g/mol. The fourth-order valence-corrected chi connectivity index (χ4v) is 3.05. The van der Waals surface area contributed by atoms with Crippen LogP contribution in [0.2, 0.25) is 5.02 Å². The third-order valence-electron chi connectivity index (χ3n) is 4.57. The minimum Gasteiger partial charge on any atom is -0.456 e. The van der Waals surface area contributed by atoms with Gasteiger partial charge in [0.25, 0.3) is 11.8 Å². The maximum absolute atomic E-state index is 12.1. The van der Waals surface area contributed by atoms with Crippen LogP contribution in [0, 0.1) is 6.92 Å². The smallest absolute Gasteiger partial charge is 0.308 e. The minimum atomic E-state index is -0.585. The maximum Gasteiger partial charge on any atom is 0.308 e. The van der Waals surface area contributed by atoms with E-state index >= 15 is 0 Å². The highest BCUT2D eigenvalue weighted by molar-refractivity contribution is 6.32. The fraction of sp³-hybridized carbons (Fsp3) is 0.160. The molecule has 8 heteroatoms. The lowest BCUT2D eigenvalue weighted by Crippen LogP contribution is -2.28. The van der Waals surface area contributed by atoms with E-state index in [4.69, 9.17) is 21.1 Å². The van der Waals surface area contributed by atoms with Crippen molar-refractivity contribution in [1.29, 1.82) is 0 Å². The third-order valence-corrected chi connectivity index (χ3v) is 4.88. The number of ether oxygens (including phenoxy) is 2. The van der Waals surface area contributed by atoms with E-state index in [0.29, 0.717) is 27.8 Å². The standard InChI is InChI=1S/C25H23ClN2O5/c1-17-6-2-3-7-20(17)25(31)27-15-14-24(30)32-16-23(29)28-18-10-12-19(13-11-18)33-22-9-5-4-8-21(22)26/h2-13H,14-16H2,1H3,(H,27,31)(H,28,29). The molecule has 3 aromatic rings. The molecule has 0 aliphatic carbocycles. The van der Waals surface area contributed by atoms with Crippen LogP contribution in [0.3, 0.4) is 0 Å². The van der Waals surface area contributed by atoms with Gasteiger partial charge in [-0.15, -0.1) is 0 Å². The van der Waals surface area contributed by atoms with Crippen LogP contribution < -0.4 is 15.4 Å². The van der Waals surface area contributed by atoms with Crippen LogP contribution in [0.25, 0.3) is 0 Å². The molecule has 0 aliphatic rings. The number of rotatable bonds is 9. The Morgan fingerprint density at radius 2 is 1.61 bits per heavy atom. The van der Waals surface area contributed by atoms with Gasteiger partial charge in [0.1, 0.15) is 11.5 Å². The molecule has 0 aromatic heterocycles. The van der Waals surface area contributed by atoms with Crippen molar-refractivity contribution >= 4 is 35.1 Å². The van der Waals surface area contributed by atoms with Gasteiger partial charge < -0.3 is 20.1 Å². The Balaban J connectivity index is 1.37. The zero-order valence-corrected chi connectivity index (χ0v) is 18.7. The summed E-state index contributed by atoms with van der Waals surface area (Å²) in [6, 6.07) is 20.9. The van der Waals surface area contributed by atoms with Crippen molar-refractivity contribution in [1.82, 2.24) is 5.32 Å². The van der Waals surface area contributed by atoms with Gasteiger partial charge in [0.05, 0.1) is 11.4 Å². The van der Waals surface area contributed by atoms with E-state index in [0.717, 1.165) is 5.56 Å². The van der Waals surface area contributed by atoms with Crippen molar-refractivity contribution < 1.29 is 23.9 Å². The molecule has 0 heterocycles. The van der Waals surface area contributed by atoms with Gasteiger partial charge >= 0.3 is 5.97 Å². The van der Waals surface area contributed by atoms with E-state index in [1.807, 2.05) is 31.2 Å². The molecule has 0 bridgehead atoms. The number of aryl methyl sites for hydroxylation is 1. The van der Waals surface area contributed by atoms with Crippen LogP contribution in [-0.4, -0.2) is 30.9 Å². The lowest BCUT2D eigenvalue weighted by atomic mass is 10.1. The summed E-state index contributed by atoms with van der Waals surface area (Å²) in [7, 11) is 0. The number of carbonyl (C=O) groups excluding carboxylic acids is 3. The second kappa shape index (κ2) is 11.7. The summed E-state index contributed by atoms with van der Waals surface area (Å²) >= 11 is 6.07. The zero-order valence-electron chi connectivity index (χ0n) is 18.0. The largest absolute Gasteiger partial charge is 0.456 e. The number of amides is 2. The van der Waals surface area contributed by atoms with Crippen molar-refractivity contribution in [2.24, 2.45) is 0 Å². The van der Waals surface area contributed by atoms with Crippen LogP contribution in [0.4, 0.5) is 5.69 Å².